The van der Waals surface area contributed by atoms with Gasteiger partial charge >= 0.3 is 0 Å². The summed E-state index contributed by atoms with van der Waals surface area (Å²) < 4.78 is 0. The summed E-state index contributed by atoms with van der Waals surface area (Å²) in [5, 5.41) is 5.32. The molecule has 0 heterocycles. The van der Waals surface area contributed by atoms with Crippen molar-refractivity contribution in [1.82, 2.24) is 5.32 Å². The second-order valence-electron chi connectivity index (χ2n) is 4.44. The van der Waals surface area contributed by atoms with Gasteiger partial charge in [-0.3, -0.25) is 9.59 Å². The topological polar surface area (TPSA) is 58.2 Å². The summed E-state index contributed by atoms with van der Waals surface area (Å²) in [6, 6.07) is 13.8. The molecule has 108 valence electrons. The lowest BCUT2D eigenvalue weighted by Crippen LogP contribution is -2.17. The van der Waals surface area contributed by atoms with Crippen molar-refractivity contribution in [2.75, 3.05) is 12.4 Å². The minimum atomic E-state index is -0.205. The smallest absolute Gasteiger partial charge is 0.255 e. The number of alkyl halides is 1. The van der Waals surface area contributed by atoms with Gasteiger partial charge in [0.2, 0.25) is 0 Å². The van der Waals surface area contributed by atoms with Crippen LogP contribution in [0, 0.1) is 0 Å². The van der Waals surface area contributed by atoms with Gasteiger partial charge in [0.05, 0.1) is 0 Å². The number of anilines is 1. The number of benzene rings is 2. The van der Waals surface area contributed by atoms with Crippen molar-refractivity contribution < 1.29 is 9.59 Å². The molecule has 0 radical (unpaired) electrons. The van der Waals surface area contributed by atoms with Gasteiger partial charge in [0.15, 0.2) is 0 Å². The Morgan fingerprint density at radius 2 is 1.43 bits per heavy atom. The Bertz CT molecular complexity index is 636. The molecule has 2 aromatic carbocycles. The number of halogens is 1. The van der Waals surface area contributed by atoms with E-state index in [1.165, 1.54) is 0 Å². The van der Waals surface area contributed by atoms with Crippen molar-refractivity contribution in [2.24, 2.45) is 0 Å². The summed E-state index contributed by atoms with van der Waals surface area (Å²) in [5.74, 6) is 0.0522. The molecule has 0 spiro atoms. The van der Waals surface area contributed by atoms with E-state index in [4.69, 9.17) is 11.6 Å². The Labute approximate surface area is 128 Å². The Morgan fingerprint density at radius 3 is 1.95 bits per heavy atom. The summed E-state index contributed by atoms with van der Waals surface area (Å²) in [6.07, 6.45) is 0. The molecule has 4 nitrogen and oxygen atoms in total. The van der Waals surface area contributed by atoms with E-state index in [1.807, 2.05) is 12.1 Å². The zero-order valence-electron chi connectivity index (χ0n) is 11.5. The highest BCUT2D eigenvalue weighted by Crippen LogP contribution is 2.12. The quantitative estimate of drug-likeness (QED) is 0.853. The van der Waals surface area contributed by atoms with Crippen molar-refractivity contribution in [3.63, 3.8) is 0 Å². The van der Waals surface area contributed by atoms with E-state index in [0.717, 1.165) is 5.56 Å². The van der Waals surface area contributed by atoms with Crippen molar-refractivity contribution in [2.45, 2.75) is 5.88 Å². The first-order chi connectivity index (χ1) is 10.1. The van der Waals surface area contributed by atoms with E-state index < -0.39 is 0 Å². The molecule has 2 amide bonds. The summed E-state index contributed by atoms with van der Waals surface area (Å²) in [4.78, 5) is 23.5. The number of amides is 2. The van der Waals surface area contributed by atoms with E-state index in [0.29, 0.717) is 22.7 Å². The molecule has 2 N–H and O–H groups in total. The van der Waals surface area contributed by atoms with Crippen LogP contribution in [-0.4, -0.2) is 18.9 Å². The zero-order chi connectivity index (χ0) is 15.2. The van der Waals surface area contributed by atoms with Gasteiger partial charge in [-0.1, -0.05) is 12.1 Å². The number of carbonyl (C=O) groups is 2. The molecule has 0 fully saturated rings. The van der Waals surface area contributed by atoms with Crippen LogP contribution in [0.15, 0.2) is 48.5 Å². The van der Waals surface area contributed by atoms with Crippen LogP contribution in [-0.2, 0) is 5.88 Å². The van der Waals surface area contributed by atoms with Crippen LogP contribution in [0.2, 0.25) is 0 Å². The molecule has 0 aliphatic heterocycles. The normalized spacial score (nSPS) is 10.0. The number of hydrogen-bond acceptors (Lipinski definition) is 2. The van der Waals surface area contributed by atoms with Crippen LogP contribution in [0.4, 0.5) is 5.69 Å². The highest BCUT2D eigenvalue weighted by Gasteiger charge is 2.07. The highest BCUT2D eigenvalue weighted by molar-refractivity contribution is 6.17. The van der Waals surface area contributed by atoms with Gasteiger partial charge < -0.3 is 10.6 Å². The monoisotopic (exact) mass is 302 g/mol. The van der Waals surface area contributed by atoms with Crippen LogP contribution in [0.25, 0.3) is 0 Å². The van der Waals surface area contributed by atoms with Crippen LogP contribution >= 0.6 is 11.6 Å². The molecule has 21 heavy (non-hydrogen) atoms. The number of rotatable bonds is 4. The van der Waals surface area contributed by atoms with Gasteiger partial charge in [0.1, 0.15) is 0 Å². The Morgan fingerprint density at radius 1 is 0.905 bits per heavy atom. The predicted octanol–water partition coefficient (Wildman–Crippen LogP) is 3.04. The third-order valence-electron chi connectivity index (χ3n) is 3.00. The highest BCUT2D eigenvalue weighted by atomic mass is 35.5. The first kappa shape index (κ1) is 15.1. The van der Waals surface area contributed by atoms with Gasteiger partial charge in [-0.2, -0.15) is 0 Å². The lowest BCUT2D eigenvalue weighted by Gasteiger charge is -2.07. The molecule has 0 unspecified atom stereocenters. The van der Waals surface area contributed by atoms with Crippen LogP contribution in [0.3, 0.4) is 0 Å². The Hall–Kier alpha value is -2.33. The summed E-state index contributed by atoms with van der Waals surface area (Å²) in [6.45, 7) is 0. The summed E-state index contributed by atoms with van der Waals surface area (Å²) >= 11 is 5.71. The second-order valence-corrected chi connectivity index (χ2v) is 4.71. The average molecular weight is 303 g/mol. The van der Waals surface area contributed by atoms with Crippen molar-refractivity contribution >= 4 is 29.1 Å². The first-order valence-corrected chi connectivity index (χ1v) is 6.96. The molecular formula is C16H15ClN2O2. The van der Waals surface area contributed by atoms with Gasteiger partial charge in [0, 0.05) is 29.7 Å². The van der Waals surface area contributed by atoms with Crippen molar-refractivity contribution in [3.05, 3.63) is 65.2 Å². The van der Waals surface area contributed by atoms with Crippen LogP contribution < -0.4 is 10.6 Å². The maximum Gasteiger partial charge on any atom is 0.255 e. The van der Waals surface area contributed by atoms with Crippen molar-refractivity contribution in [1.29, 1.82) is 0 Å². The molecule has 2 rings (SSSR count). The molecule has 0 aliphatic rings. The molecule has 0 atom stereocenters. The van der Waals surface area contributed by atoms with E-state index in [1.54, 1.807) is 43.4 Å². The first-order valence-electron chi connectivity index (χ1n) is 6.42. The molecule has 0 bridgehead atoms. The SMILES string of the molecule is CNC(=O)c1ccc(NC(=O)c2ccc(CCl)cc2)cc1. The van der Waals surface area contributed by atoms with E-state index in [9.17, 15) is 9.59 Å². The number of nitrogens with one attached hydrogen (secondary N) is 2. The fourth-order valence-electron chi connectivity index (χ4n) is 1.80. The average Bonchev–Trinajstić information content (AvgIpc) is 2.55. The maximum absolute atomic E-state index is 12.1. The fourth-order valence-corrected chi connectivity index (χ4v) is 1.98. The second kappa shape index (κ2) is 6.90. The van der Waals surface area contributed by atoms with E-state index >= 15 is 0 Å². The molecule has 0 saturated carbocycles. The van der Waals surface area contributed by atoms with Gasteiger partial charge in [-0.05, 0) is 42.0 Å². The molecule has 0 aliphatic carbocycles. The zero-order valence-corrected chi connectivity index (χ0v) is 12.3. The predicted molar refractivity (Wildman–Crippen MR) is 83.8 cm³/mol. The molecular weight excluding hydrogens is 288 g/mol. The summed E-state index contributed by atoms with van der Waals surface area (Å²) in [7, 11) is 1.57. The largest absolute Gasteiger partial charge is 0.355 e. The summed E-state index contributed by atoms with van der Waals surface area (Å²) in [5.41, 5.74) is 2.69. The van der Waals surface area contributed by atoms with Crippen LogP contribution in [0.5, 0.6) is 0 Å². The van der Waals surface area contributed by atoms with Gasteiger partial charge in [0.25, 0.3) is 11.8 Å². The third-order valence-corrected chi connectivity index (χ3v) is 3.31. The minimum absolute atomic E-state index is 0.162. The molecule has 0 aromatic heterocycles. The third kappa shape index (κ3) is 3.83. The Kier molecular flexibility index (Phi) is 4.95. The molecule has 2 aromatic rings. The molecule has 5 heteroatoms. The lowest BCUT2D eigenvalue weighted by atomic mass is 10.1. The van der Waals surface area contributed by atoms with Gasteiger partial charge in [-0.15, -0.1) is 11.6 Å². The number of hydrogen-bond donors (Lipinski definition) is 2. The van der Waals surface area contributed by atoms with Gasteiger partial charge in [-0.25, -0.2) is 0 Å². The van der Waals surface area contributed by atoms with E-state index in [-0.39, 0.29) is 11.8 Å². The maximum atomic E-state index is 12.1. The lowest BCUT2D eigenvalue weighted by molar-refractivity contribution is 0.0962. The fraction of sp³-hybridized carbons (Fsp3) is 0.125. The Balaban J connectivity index is 2.06. The minimum Gasteiger partial charge on any atom is -0.355 e. The molecule has 0 saturated heterocycles. The van der Waals surface area contributed by atoms with Crippen LogP contribution in [0.1, 0.15) is 26.3 Å². The van der Waals surface area contributed by atoms with E-state index in [2.05, 4.69) is 10.6 Å². The standard InChI is InChI=1S/C16H15ClN2O2/c1-18-15(20)12-6-8-14(9-7-12)19-16(21)13-4-2-11(10-17)3-5-13/h2-9H,10H2,1H3,(H,18,20)(H,19,21). The number of carbonyl (C=O) groups excluding carboxylic acids is 2. The van der Waals surface area contributed by atoms with Crippen molar-refractivity contribution in [3.8, 4) is 0 Å².